The second-order valence-corrected chi connectivity index (χ2v) is 6.45. The van der Waals surface area contributed by atoms with Gasteiger partial charge in [0.15, 0.2) is 0 Å². The van der Waals surface area contributed by atoms with Crippen LogP contribution in [0.4, 0.5) is 5.69 Å². The number of carbonyl (C=O) groups is 2. The molecular weight excluding hydrogens is 290 g/mol. The van der Waals surface area contributed by atoms with Crippen LogP contribution in [0.25, 0.3) is 0 Å². The Balaban J connectivity index is 2.00. The quantitative estimate of drug-likeness (QED) is 0.851. The van der Waals surface area contributed by atoms with E-state index >= 15 is 0 Å². The Hall–Kier alpha value is -1.88. The molecule has 2 rings (SSSR count). The Kier molecular flexibility index (Phi) is 5.77. The molecule has 1 aliphatic heterocycles. The largest absolute Gasteiger partial charge is 0.340 e. The molecule has 5 heteroatoms. The summed E-state index contributed by atoms with van der Waals surface area (Å²) in [5, 5.41) is 0. The van der Waals surface area contributed by atoms with Gasteiger partial charge < -0.3 is 14.7 Å². The molecule has 0 saturated carbocycles. The summed E-state index contributed by atoms with van der Waals surface area (Å²) in [6.07, 6.45) is 0.371. The zero-order valence-electron chi connectivity index (χ0n) is 14.6. The second kappa shape index (κ2) is 7.59. The van der Waals surface area contributed by atoms with Crippen molar-refractivity contribution in [2.75, 3.05) is 44.7 Å². The zero-order valence-corrected chi connectivity index (χ0v) is 14.6. The molecule has 0 aromatic heterocycles. The van der Waals surface area contributed by atoms with Gasteiger partial charge in [-0.2, -0.15) is 0 Å². The van der Waals surface area contributed by atoms with Crippen molar-refractivity contribution in [3.05, 3.63) is 29.3 Å². The van der Waals surface area contributed by atoms with Crippen molar-refractivity contribution in [1.29, 1.82) is 0 Å². The van der Waals surface area contributed by atoms with Crippen molar-refractivity contribution < 1.29 is 9.59 Å². The van der Waals surface area contributed by atoms with Crippen molar-refractivity contribution in [1.82, 2.24) is 9.80 Å². The van der Waals surface area contributed by atoms with Crippen LogP contribution in [0.2, 0.25) is 0 Å². The normalized spacial score (nSPS) is 15.6. The third-order valence-corrected chi connectivity index (χ3v) is 4.30. The van der Waals surface area contributed by atoms with Gasteiger partial charge in [0.25, 0.3) is 0 Å². The van der Waals surface area contributed by atoms with Gasteiger partial charge in [-0.15, -0.1) is 0 Å². The first kappa shape index (κ1) is 17.5. The average Bonchev–Trinajstić information content (AvgIpc) is 2.46. The van der Waals surface area contributed by atoms with E-state index in [1.807, 2.05) is 30.9 Å². The number of aryl methyl sites for hydroxylation is 2. The Morgan fingerprint density at radius 1 is 1.04 bits per heavy atom. The van der Waals surface area contributed by atoms with E-state index in [1.165, 1.54) is 0 Å². The predicted octanol–water partition coefficient (Wildman–Crippen LogP) is 1.82. The Morgan fingerprint density at radius 3 is 2.13 bits per heavy atom. The highest BCUT2D eigenvalue weighted by atomic mass is 16.2. The molecule has 0 unspecified atom stereocenters. The zero-order chi connectivity index (χ0) is 17.0. The molecule has 0 N–H and O–H groups in total. The van der Waals surface area contributed by atoms with Gasteiger partial charge in [0.2, 0.25) is 11.8 Å². The maximum absolute atomic E-state index is 12.4. The first-order chi connectivity index (χ1) is 10.9. The molecule has 0 aliphatic carbocycles. The number of amides is 2. The van der Waals surface area contributed by atoms with Crippen LogP contribution in [-0.2, 0) is 9.59 Å². The number of rotatable bonds is 4. The fourth-order valence-electron chi connectivity index (χ4n) is 3.00. The molecule has 0 spiro atoms. The third kappa shape index (κ3) is 4.79. The predicted molar refractivity (Wildman–Crippen MR) is 92.6 cm³/mol. The maximum atomic E-state index is 12.4. The number of hydrogen-bond donors (Lipinski definition) is 0. The Labute approximate surface area is 138 Å². The minimum absolute atomic E-state index is 0.0267. The van der Waals surface area contributed by atoms with Gasteiger partial charge in [-0.25, -0.2) is 0 Å². The van der Waals surface area contributed by atoms with Gasteiger partial charge in [-0.1, -0.05) is 6.07 Å². The van der Waals surface area contributed by atoms with Crippen molar-refractivity contribution in [3.8, 4) is 0 Å². The SMILES string of the molecule is CC(=O)N(CCC(=O)N1CCN(C)CC1)c1cc(C)cc(C)c1. The van der Waals surface area contributed by atoms with Gasteiger partial charge >= 0.3 is 0 Å². The van der Waals surface area contributed by atoms with E-state index in [2.05, 4.69) is 18.0 Å². The van der Waals surface area contributed by atoms with Crippen LogP contribution in [0.3, 0.4) is 0 Å². The number of benzene rings is 1. The summed E-state index contributed by atoms with van der Waals surface area (Å²) < 4.78 is 0. The highest BCUT2D eigenvalue weighted by Crippen LogP contribution is 2.19. The summed E-state index contributed by atoms with van der Waals surface area (Å²) >= 11 is 0. The molecule has 2 amide bonds. The van der Waals surface area contributed by atoms with Crippen LogP contribution in [0.1, 0.15) is 24.5 Å². The number of piperazine rings is 1. The summed E-state index contributed by atoms with van der Waals surface area (Å²) in [5.41, 5.74) is 3.12. The standard InChI is InChI=1S/C18H27N3O2/c1-14-11-15(2)13-17(12-14)21(16(3)22)6-5-18(23)20-9-7-19(4)8-10-20/h11-13H,5-10H2,1-4H3. The van der Waals surface area contributed by atoms with E-state index in [0.29, 0.717) is 13.0 Å². The molecule has 0 radical (unpaired) electrons. The molecule has 1 fully saturated rings. The molecule has 1 saturated heterocycles. The van der Waals surface area contributed by atoms with Gasteiger partial charge in [0, 0.05) is 51.8 Å². The Bertz CT molecular complexity index is 557. The first-order valence-electron chi connectivity index (χ1n) is 8.19. The van der Waals surface area contributed by atoms with Crippen LogP contribution < -0.4 is 4.90 Å². The van der Waals surface area contributed by atoms with E-state index in [0.717, 1.165) is 43.0 Å². The van der Waals surface area contributed by atoms with Gasteiger partial charge in [0.05, 0.1) is 0 Å². The fraction of sp³-hybridized carbons (Fsp3) is 0.556. The first-order valence-corrected chi connectivity index (χ1v) is 8.19. The van der Waals surface area contributed by atoms with Crippen LogP contribution in [0, 0.1) is 13.8 Å². The van der Waals surface area contributed by atoms with Gasteiger partial charge in [0.1, 0.15) is 0 Å². The second-order valence-electron chi connectivity index (χ2n) is 6.45. The number of likely N-dealkylation sites (N-methyl/N-ethyl adjacent to an activating group) is 1. The lowest BCUT2D eigenvalue weighted by atomic mass is 10.1. The summed E-state index contributed by atoms with van der Waals surface area (Å²) in [6, 6.07) is 6.07. The van der Waals surface area contributed by atoms with Crippen LogP contribution in [0.15, 0.2) is 18.2 Å². The summed E-state index contributed by atoms with van der Waals surface area (Å²) in [7, 11) is 2.07. The van der Waals surface area contributed by atoms with Crippen molar-refractivity contribution in [3.63, 3.8) is 0 Å². The van der Waals surface area contributed by atoms with Crippen molar-refractivity contribution >= 4 is 17.5 Å². The molecule has 0 atom stereocenters. The monoisotopic (exact) mass is 317 g/mol. The molecule has 1 aliphatic rings. The molecule has 5 nitrogen and oxygen atoms in total. The Morgan fingerprint density at radius 2 is 1.61 bits per heavy atom. The topological polar surface area (TPSA) is 43.9 Å². The fourth-order valence-corrected chi connectivity index (χ4v) is 3.00. The van der Waals surface area contributed by atoms with E-state index in [9.17, 15) is 9.59 Å². The lowest BCUT2D eigenvalue weighted by Crippen LogP contribution is -2.47. The highest BCUT2D eigenvalue weighted by molar-refractivity contribution is 5.92. The van der Waals surface area contributed by atoms with Crippen LogP contribution >= 0.6 is 0 Å². The van der Waals surface area contributed by atoms with E-state index in [1.54, 1.807) is 11.8 Å². The van der Waals surface area contributed by atoms with Gasteiger partial charge in [-0.3, -0.25) is 9.59 Å². The molecular formula is C18H27N3O2. The molecule has 1 aromatic rings. The minimum Gasteiger partial charge on any atom is -0.340 e. The third-order valence-electron chi connectivity index (χ3n) is 4.30. The number of nitrogens with zero attached hydrogens (tertiary/aromatic N) is 3. The minimum atomic E-state index is -0.0267. The van der Waals surface area contributed by atoms with E-state index in [4.69, 9.17) is 0 Å². The number of hydrogen-bond acceptors (Lipinski definition) is 3. The van der Waals surface area contributed by atoms with E-state index < -0.39 is 0 Å². The summed E-state index contributed by atoms with van der Waals surface area (Å²) in [4.78, 5) is 30.2. The smallest absolute Gasteiger partial charge is 0.224 e. The maximum Gasteiger partial charge on any atom is 0.224 e. The number of anilines is 1. The average molecular weight is 317 g/mol. The van der Waals surface area contributed by atoms with Crippen LogP contribution in [0.5, 0.6) is 0 Å². The van der Waals surface area contributed by atoms with Crippen molar-refractivity contribution in [2.45, 2.75) is 27.2 Å². The summed E-state index contributed by atoms with van der Waals surface area (Å²) in [6.45, 7) is 9.41. The highest BCUT2D eigenvalue weighted by Gasteiger charge is 2.20. The van der Waals surface area contributed by atoms with Crippen molar-refractivity contribution in [2.24, 2.45) is 0 Å². The molecule has 1 heterocycles. The molecule has 0 bridgehead atoms. The molecule has 126 valence electrons. The van der Waals surface area contributed by atoms with Crippen LogP contribution in [-0.4, -0.2) is 61.4 Å². The number of carbonyl (C=O) groups excluding carboxylic acids is 2. The van der Waals surface area contributed by atoms with E-state index in [-0.39, 0.29) is 11.8 Å². The molecule has 1 aromatic carbocycles. The lowest BCUT2D eigenvalue weighted by Gasteiger charge is -2.33. The molecule has 23 heavy (non-hydrogen) atoms. The lowest BCUT2D eigenvalue weighted by molar-refractivity contribution is -0.132. The summed E-state index contributed by atoms with van der Waals surface area (Å²) in [5.74, 6) is 0.106. The van der Waals surface area contributed by atoms with Gasteiger partial charge in [-0.05, 0) is 44.2 Å².